The quantitative estimate of drug-likeness (QED) is 0.720. The number of fused-ring (bicyclic) bond motifs is 3. The molecule has 3 heteroatoms. The van der Waals surface area contributed by atoms with E-state index in [1.807, 2.05) is 0 Å². The van der Waals surface area contributed by atoms with Crippen LogP contribution < -0.4 is 5.73 Å². The first-order chi connectivity index (χ1) is 10.8. The molecule has 0 aromatic heterocycles. The van der Waals surface area contributed by atoms with Crippen LogP contribution in [0.25, 0.3) is 0 Å². The molecule has 0 aromatic carbocycles. The number of rotatable bonds is 0. The normalized spacial score (nSPS) is 64.2. The van der Waals surface area contributed by atoms with E-state index >= 15 is 0 Å². The number of aliphatic hydroxyl groups is 1. The van der Waals surface area contributed by atoms with Crippen molar-refractivity contribution in [2.45, 2.75) is 88.9 Å². The fraction of sp³-hybridized carbons (Fsp3) is 1.00. The Balaban J connectivity index is 1.54. The maximum Gasteiger partial charge on any atom is 0.0786 e. The van der Waals surface area contributed by atoms with Gasteiger partial charge in [-0.1, -0.05) is 13.8 Å². The lowest BCUT2D eigenvalue weighted by Crippen LogP contribution is -2.63. The van der Waals surface area contributed by atoms with Crippen LogP contribution in [0, 0.1) is 28.6 Å². The standard InChI is InChI=1S/C20H33NO2/c1-17-7-5-14(22)11-13(17)3-4-16-15(17)6-8-18(2)19(21)9-10-20(16,18)23-12-19/h13-16,22H,3-12,21H2,1-2H3/t13-,14+,15+,16-,17+,18-,19-,20+/m1/s1. The summed E-state index contributed by atoms with van der Waals surface area (Å²) in [6.07, 6.45) is 10.7. The summed E-state index contributed by atoms with van der Waals surface area (Å²) in [5.41, 5.74) is 7.44. The lowest BCUT2D eigenvalue weighted by atomic mass is 9.43. The fourth-order valence-electron chi connectivity index (χ4n) is 8.17. The van der Waals surface area contributed by atoms with Crippen LogP contribution in [0.2, 0.25) is 0 Å². The van der Waals surface area contributed by atoms with Gasteiger partial charge in [-0.3, -0.25) is 0 Å². The Morgan fingerprint density at radius 3 is 2.52 bits per heavy atom. The van der Waals surface area contributed by atoms with Crippen LogP contribution in [-0.2, 0) is 4.74 Å². The summed E-state index contributed by atoms with van der Waals surface area (Å²) >= 11 is 0. The highest BCUT2D eigenvalue weighted by molar-refractivity contribution is 5.27. The van der Waals surface area contributed by atoms with Crippen molar-refractivity contribution in [3.8, 4) is 0 Å². The number of hydrogen-bond acceptors (Lipinski definition) is 3. The maximum absolute atomic E-state index is 10.1. The summed E-state index contributed by atoms with van der Waals surface area (Å²) in [6.45, 7) is 5.77. The van der Waals surface area contributed by atoms with Gasteiger partial charge in [-0.25, -0.2) is 0 Å². The van der Waals surface area contributed by atoms with Gasteiger partial charge in [0.2, 0.25) is 0 Å². The van der Waals surface area contributed by atoms with Crippen molar-refractivity contribution in [2.75, 3.05) is 6.61 Å². The minimum absolute atomic E-state index is 0.0532. The van der Waals surface area contributed by atoms with Gasteiger partial charge < -0.3 is 15.6 Å². The molecule has 4 aliphatic carbocycles. The second kappa shape index (κ2) is 4.34. The van der Waals surface area contributed by atoms with Crippen LogP contribution in [0.3, 0.4) is 0 Å². The fourth-order valence-corrected chi connectivity index (χ4v) is 8.17. The van der Waals surface area contributed by atoms with Gasteiger partial charge in [0, 0.05) is 11.0 Å². The molecule has 5 aliphatic rings. The molecule has 0 amide bonds. The van der Waals surface area contributed by atoms with E-state index in [9.17, 15) is 5.11 Å². The van der Waals surface area contributed by atoms with E-state index in [0.717, 1.165) is 37.7 Å². The molecule has 130 valence electrons. The van der Waals surface area contributed by atoms with Crippen molar-refractivity contribution in [2.24, 2.45) is 34.3 Å². The van der Waals surface area contributed by atoms with Crippen molar-refractivity contribution >= 4 is 0 Å². The van der Waals surface area contributed by atoms with Crippen molar-refractivity contribution in [3.63, 3.8) is 0 Å². The van der Waals surface area contributed by atoms with E-state index in [-0.39, 0.29) is 22.7 Å². The summed E-state index contributed by atoms with van der Waals surface area (Å²) in [6, 6.07) is 0. The van der Waals surface area contributed by atoms with Crippen molar-refractivity contribution in [3.05, 3.63) is 0 Å². The van der Waals surface area contributed by atoms with Crippen LogP contribution in [0.4, 0.5) is 0 Å². The third-order valence-electron chi connectivity index (χ3n) is 9.78. The average Bonchev–Trinajstić information content (AvgIpc) is 2.90. The summed E-state index contributed by atoms with van der Waals surface area (Å²) in [5.74, 6) is 2.20. The first-order valence-corrected chi connectivity index (χ1v) is 9.96. The third kappa shape index (κ3) is 1.54. The van der Waals surface area contributed by atoms with Gasteiger partial charge in [0.15, 0.2) is 0 Å². The minimum Gasteiger partial charge on any atom is -0.393 e. The van der Waals surface area contributed by atoms with E-state index in [1.54, 1.807) is 0 Å². The number of ether oxygens (including phenoxy) is 1. The SMILES string of the molecule is C[C@]12CC[C@H](O)C[C@H]1CC[C@@H]1[C@@H]2CC[C@]2(C)[C@@]3(N)CC[C@]12OC3. The summed E-state index contributed by atoms with van der Waals surface area (Å²) in [4.78, 5) is 0. The number of hydrogen-bond donors (Lipinski definition) is 2. The molecule has 23 heavy (non-hydrogen) atoms. The van der Waals surface area contributed by atoms with E-state index in [2.05, 4.69) is 13.8 Å². The molecule has 3 nitrogen and oxygen atoms in total. The van der Waals surface area contributed by atoms with Gasteiger partial charge in [-0.05, 0) is 81.0 Å². The Morgan fingerprint density at radius 2 is 1.78 bits per heavy atom. The van der Waals surface area contributed by atoms with Crippen LogP contribution in [-0.4, -0.2) is 29.0 Å². The second-order valence-electron chi connectivity index (χ2n) is 10.1. The van der Waals surface area contributed by atoms with Crippen molar-refractivity contribution < 1.29 is 9.84 Å². The van der Waals surface area contributed by atoms with E-state index in [0.29, 0.717) is 11.3 Å². The summed E-state index contributed by atoms with van der Waals surface area (Å²) in [5, 5.41) is 10.1. The van der Waals surface area contributed by atoms with Gasteiger partial charge in [-0.15, -0.1) is 0 Å². The average molecular weight is 319 g/mol. The molecular formula is C20H33NO2. The molecule has 3 N–H and O–H groups in total. The Bertz CT molecular complexity index is 526. The smallest absolute Gasteiger partial charge is 0.0786 e. The van der Waals surface area contributed by atoms with Gasteiger partial charge in [0.1, 0.15) is 0 Å². The molecular weight excluding hydrogens is 286 g/mol. The highest BCUT2D eigenvalue weighted by Gasteiger charge is 2.75. The minimum atomic E-state index is -0.0710. The zero-order valence-corrected chi connectivity index (χ0v) is 14.8. The molecule has 0 radical (unpaired) electrons. The van der Waals surface area contributed by atoms with E-state index < -0.39 is 0 Å². The number of nitrogens with two attached hydrogens (primary N) is 1. The van der Waals surface area contributed by atoms with Gasteiger partial charge >= 0.3 is 0 Å². The van der Waals surface area contributed by atoms with Gasteiger partial charge in [0.25, 0.3) is 0 Å². The van der Waals surface area contributed by atoms with Crippen molar-refractivity contribution in [1.82, 2.24) is 0 Å². The highest BCUT2D eigenvalue weighted by Crippen LogP contribution is 2.73. The van der Waals surface area contributed by atoms with Crippen LogP contribution >= 0.6 is 0 Å². The third-order valence-corrected chi connectivity index (χ3v) is 9.78. The molecule has 1 aliphatic heterocycles. The molecule has 5 fully saturated rings. The Kier molecular flexibility index (Phi) is 2.86. The lowest BCUT2D eigenvalue weighted by Gasteiger charge is -2.63. The van der Waals surface area contributed by atoms with Gasteiger partial charge in [0.05, 0.1) is 18.3 Å². The Labute approximate surface area is 140 Å². The highest BCUT2D eigenvalue weighted by atomic mass is 16.5. The maximum atomic E-state index is 10.1. The topological polar surface area (TPSA) is 55.5 Å². The summed E-state index contributed by atoms with van der Waals surface area (Å²) < 4.78 is 6.59. The Hall–Kier alpha value is -0.120. The molecule has 0 aromatic rings. The van der Waals surface area contributed by atoms with Crippen LogP contribution in [0.1, 0.15) is 71.6 Å². The molecule has 1 saturated heterocycles. The lowest BCUT2D eigenvalue weighted by molar-refractivity contribution is -0.197. The monoisotopic (exact) mass is 319 g/mol. The predicted octanol–water partition coefficient (Wildman–Crippen LogP) is 3.24. The zero-order valence-electron chi connectivity index (χ0n) is 14.8. The predicted molar refractivity (Wildman–Crippen MR) is 89.8 cm³/mol. The number of aliphatic hydroxyl groups excluding tert-OH is 1. The van der Waals surface area contributed by atoms with Crippen molar-refractivity contribution in [1.29, 1.82) is 0 Å². The molecule has 0 spiro atoms. The molecule has 1 heterocycles. The first kappa shape index (κ1) is 15.2. The van der Waals surface area contributed by atoms with Crippen LogP contribution in [0.15, 0.2) is 0 Å². The van der Waals surface area contributed by atoms with E-state index in [1.165, 1.54) is 38.5 Å². The zero-order chi connectivity index (χ0) is 16.1. The summed E-state index contributed by atoms with van der Waals surface area (Å²) in [7, 11) is 0. The van der Waals surface area contributed by atoms with Crippen LogP contribution in [0.5, 0.6) is 0 Å². The second-order valence-corrected chi connectivity index (χ2v) is 10.1. The molecule has 4 saturated carbocycles. The Morgan fingerprint density at radius 1 is 0.957 bits per heavy atom. The largest absolute Gasteiger partial charge is 0.393 e. The first-order valence-electron chi connectivity index (χ1n) is 9.96. The molecule has 0 unspecified atom stereocenters. The van der Waals surface area contributed by atoms with E-state index in [4.69, 9.17) is 10.5 Å². The molecule has 2 bridgehead atoms. The van der Waals surface area contributed by atoms with Gasteiger partial charge in [-0.2, -0.15) is 0 Å². The molecule has 8 atom stereocenters. The molecule has 5 rings (SSSR count).